The van der Waals surface area contributed by atoms with E-state index in [0.717, 1.165) is 4.90 Å². The standard InChI is InChI=1S/C17H16N2O5/c1-9-14(11(3)24-18-9)8-23-17(22)10(2)19-15(20)12-6-4-5-7-13(12)16(19)21/h4-7,10H,8H2,1-3H3/t10-/m0/s1. The number of fused-ring (bicyclic) bond motifs is 1. The lowest BCUT2D eigenvalue weighted by Crippen LogP contribution is -2.43. The first-order chi connectivity index (χ1) is 11.4. The molecule has 0 spiro atoms. The van der Waals surface area contributed by atoms with E-state index in [1.54, 1.807) is 38.1 Å². The molecule has 3 rings (SSSR count). The minimum Gasteiger partial charge on any atom is -0.459 e. The molecule has 1 atom stereocenters. The Morgan fingerprint density at radius 2 is 1.79 bits per heavy atom. The van der Waals surface area contributed by atoms with Crippen molar-refractivity contribution in [1.82, 2.24) is 10.1 Å². The molecule has 0 saturated heterocycles. The van der Waals surface area contributed by atoms with Crippen molar-refractivity contribution in [3.8, 4) is 0 Å². The maximum atomic E-state index is 12.4. The van der Waals surface area contributed by atoms with Gasteiger partial charge in [-0.25, -0.2) is 4.79 Å². The first-order valence-corrected chi connectivity index (χ1v) is 7.47. The van der Waals surface area contributed by atoms with E-state index in [0.29, 0.717) is 28.1 Å². The SMILES string of the molecule is Cc1noc(C)c1COC(=O)[C@H](C)N1C(=O)c2ccccc2C1=O. The van der Waals surface area contributed by atoms with Gasteiger partial charge in [0.05, 0.1) is 22.4 Å². The summed E-state index contributed by atoms with van der Waals surface area (Å²) in [6.45, 7) is 4.91. The van der Waals surface area contributed by atoms with Gasteiger partial charge in [-0.05, 0) is 32.9 Å². The van der Waals surface area contributed by atoms with Gasteiger partial charge in [0.1, 0.15) is 18.4 Å². The molecule has 1 aliphatic rings. The molecule has 2 heterocycles. The summed E-state index contributed by atoms with van der Waals surface area (Å²) >= 11 is 0. The predicted octanol–water partition coefficient (Wildman–Crippen LogP) is 2.02. The van der Waals surface area contributed by atoms with Crippen LogP contribution in [0.2, 0.25) is 0 Å². The van der Waals surface area contributed by atoms with E-state index >= 15 is 0 Å². The maximum Gasteiger partial charge on any atom is 0.329 e. The van der Waals surface area contributed by atoms with E-state index in [1.807, 2.05) is 0 Å². The lowest BCUT2D eigenvalue weighted by atomic mass is 10.1. The third kappa shape index (κ3) is 2.47. The molecule has 0 fully saturated rings. The van der Waals surface area contributed by atoms with Crippen molar-refractivity contribution in [3.63, 3.8) is 0 Å². The number of esters is 1. The van der Waals surface area contributed by atoms with Gasteiger partial charge in [-0.2, -0.15) is 0 Å². The van der Waals surface area contributed by atoms with Crippen molar-refractivity contribution in [3.05, 3.63) is 52.4 Å². The van der Waals surface area contributed by atoms with Crippen LogP contribution in [0.25, 0.3) is 0 Å². The Kier molecular flexibility index (Phi) is 3.92. The van der Waals surface area contributed by atoms with Gasteiger partial charge >= 0.3 is 5.97 Å². The van der Waals surface area contributed by atoms with Crippen LogP contribution in [-0.2, 0) is 16.1 Å². The van der Waals surface area contributed by atoms with Gasteiger partial charge in [0.2, 0.25) is 0 Å². The van der Waals surface area contributed by atoms with E-state index in [4.69, 9.17) is 9.26 Å². The van der Waals surface area contributed by atoms with E-state index in [2.05, 4.69) is 5.16 Å². The maximum absolute atomic E-state index is 12.4. The number of aryl methyl sites for hydroxylation is 2. The topological polar surface area (TPSA) is 89.7 Å². The highest BCUT2D eigenvalue weighted by molar-refractivity contribution is 6.22. The van der Waals surface area contributed by atoms with Crippen molar-refractivity contribution in [1.29, 1.82) is 0 Å². The number of hydrogen-bond donors (Lipinski definition) is 0. The Morgan fingerprint density at radius 1 is 1.21 bits per heavy atom. The van der Waals surface area contributed by atoms with Crippen molar-refractivity contribution >= 4 is 17.8 Å². The second kappa shape index (κ2) is 5.92. The summed E-state index contributed by atoms with van der Waals surface area (Å²) in [6.07, 6.45) is 0. The monoisotopic (exact) mass is 328 g/mol. The van der Waals surface area contributed by atoms with Crippen LogP contribution in [-0.4, -0.2) is 33.9 Å². The summed E-state index contributed by atoms with van der Waals surface area (Å²) in [6, 6.07) is 5.47. The molecule has 2 aromatic rings. The Hall–Kier alpha value is -2.96. The van der Waals surface area contributed by atoms with E-state index in [-0.39, 0.29) is 6.61 Å². The number of nitrogens with zero attached hydrogens (tertiary/aromatic N) is 2. The lowest BCUT2D eigenvalue weighted by Gasteiger charge is -2.20. The van der Waals surface area contributed by atoms with E-state index < -0.39 is 23.8 Å². The molecule has 124 valence electrons. The molecule has 0 aliphatic carbocycles. The van der Waals surface area contributed by atoms with E-state index in [9.17, 15) is 14.4 Å². The van der Waals surface area contributed by atoms with Gasteiger partial charge in [0, 0.05) is 0 Å². The Labute approximate surface area is 138 Å². The molecule has 24 heavy (non-hydrogen) atoms. The molecule has 1 aromatic heterocycles. The number of carbonyl (C=O) groups is 3. The van der Waals surface area contributed by atoms with Crippen molar-refractivity contribution in [2.75, 3.05) is 0 Å². The molecule has 2 amide bonds. The smallest absolute Gasteiger partial charge is 0.329 e. The van der Waals surface area contributed by atoms with E-state index in [1.165, 1.54) is 6.92 Å². The number of amides is 2. The van der Waals surface area contributed by atoms with Crippen LogP contribution in [0.3, 0.4) is 0 Å². The zero-order valence-corrected chi connectivity index (χ0v) is 13.5. The van der Waals surface area contributed by atoms with Crippen molar-refractivity contribution in [2.24, 2.45) is 0 Å². The molecule has 0 unspecified atom stereocenters. The number of rotatable bonds is 4. The molecule has 0 saturated carbocycles. The zero-order chi connectivity index (χ0) is 17.4. The average Bonchev–Trinajstić information content (AvgIpc) is 3.03. The number of aromatic nitrogens is 1. The highest BCUT2D eigenvalue weighted by Crippen LogP contribution is 2.25. The third-order valence-electron chi connectivity index (χ3n) is 4.09. The number of hydrogen-bond acceptors (Lipinski definition) is 6. The van der Waals surface area contributed by atoms with Crippen LogP contribution in [0.15, 0.2) is 28.8 Å². The molecular weight excluding hydrogens is 312 g/mol. The van der Waals surface area contributed by atoms with Gasteiger partial charge in [0.25, 0.3) is 11.8 Å². The molecular formula is C17H16N2O5. The van der Waals surface area contributed by atoms with Gasteiger partial charge in [0.15, 0.2) is 0 Å². The lowest BCUT2D eigenvalue weighted by molar-refractivity contribution is -0.149. The predicted molar refractivity (Wildman–Crippen MR) is 82.2 cm³/mol. The van der Waals surface area contributed by atoms with Crippen LogP contribution < -0.4 is 0 Å². The summed E-state index contributed by atoms with van der Waals surface area (Å²) in [4.78, 5) is 37.9. The molecule has 0 bridgehead atoms. The van der Waals surface area contributed by atoms with Gasteiger partial charge in [-0.15, -0.1) is 0 Å². The number of carbonyl (C=O) groups excluding carboxylic acids is 3. The first-order valence-electron chi connectivity index (χ1n) is 7.47. The molecule has 7 nitrogen and oxygen atoms in total. The summed E-state index contributed by atoms with van der Waals surface area (Å²) < 4.78 is 10.2. The fourth-order valence-corrected chi connectivity index (χ4v) is 2.64. The van der Waals surface area contributed by atoms with Crippen LogP contribution in [0, 0.1) is 13.8 Å². The average molecular weight is 328 g/mol. The second-order valence-electron chi connectivity index (χ2n) is 5.61. The molecule has 7 heteroatoms. The normalized spacial score (nSPS) is 14.7. The minimum absolute atomic E-state index is 0.0203. The molecule has 0 radical (unpaired) electrons. The fraction of sp³-hybridized carbons (Fsp3) is 0.294. The van der Waals surface area contributed by atoms with Crippen LogP contribution >= 0.6 is 0 Å². The zero-order valence-electron chi connectivity index (χ0n) is 13.5. The highest BCUT2D eigenvalue weighted by Gasteiger charge is 2.41. The second-order valence-corrected chi connectivity index (χ2v) is 5.61. The minimum atomic E-state index is -1.02. The number of ether oxygens (including phenoxy) is 1. The van der Waals surface area contributed by atoms with Gasteiger partial charge < -0.3 is 9.26 Å². The Balaban J connectivity index is 1.73. The van der Waals surface area contributed by atoms with Crippen LogP contribution in [0.1, 0.15) is 44.7 Å². The van der Waals surface area contributed by atoms with Gasteiger partial charge in [-0.1, -0.05) is 17.3 Å². The fourth-order valence-electron chi connectivity index (χ4n) is 2.64. The number of imide groups is 1. The summed E-state index contributed by atoms with van der Waals surface area (Å²) in [5, 5.41) is 3.78. The molecule has 1 aliphatic heterocycles. The quantitative estimate of drug-likeness (QED) is 0.630. The van der Waals surface area contributed by atoms with Gasteiger partial charge in [-0.3, -0.25) is 14.5 Å². The third-order valence-corrected chi connectivity index (χ3v) is 4.09. The van der Waals surface area contributed by atoms with Crippen LogP contribution in [0.4, 0.5) is 0 Å². The Bertz CT molecular complexity index is 785. The van der Waals surface area contributed by atoms with Crippen molar-refractivity contribution in [2.45, 2.75) is 33.4 Å². The number of benzene rings is 1. The van der Waals surface area contributed by atoms with Crippen LogP contribution in [0.5, 0.6) is 0 Å². The van der Waals surface area contributed by atoms with Crippen molar-refractivity contribution < 1.29 is 23.6 Å². The first kappa shape index (κ1) is 15.9. The highest BCUT2D eigenvalue weighted by atomic mass is 16.5. The summed E-state index contributed by atoms with van der Waals surface area (Å²) in [7, 11) is 0. The largest absolute Gasteiger partial charge is 0.459 e. The summed E-state index contributed by atoms with van der Waals surface area (Å²) in [5.41, 5.74) is 1.91. The Morgan fingerprint density at radius 3 is 2.29 bits per heavy atom. The molecule has 0 N–H and O–H groups in total. The molecule has 1 aromatic carbocycles. The summed E-state index contributed by atoms with van der Waals surface area (Å²) in [5.74, 6) is -1.08.